The fraction of sp³-hybridized carbons (Fsp3) is 0.786. The zero-order chi connectivity index (χ0) is 15.1. The number of imide groups is 1. The molecule has 112 valence electrons. The summed E-state index contributed by atoms with van der Waals surface area (Å²) < 4.78 is 4.94. The third-order valence-corrected chi connectivity index (χ3v) is 4.45. The van der Waals surface area contributed by atoms with Crippen molar-refractivity contribution in [3.8, 4) is 0 Å². The second kappa shape index (κ2) is 5.16. The van der Waals surface area contributed by atoms with Crippen molar-refractivity contribution < 1.29 is 19.1 Å². The van der Waals surface area contributed by atoms with Gasteiger partial charge in [-0.3, -0.25) is 19.3 Å². The van der Waals surface area contributed by atoms with Gasteiger partial charge in [-0.1, -0.05) is 13.8 Å². The summed E-state index contributed by atoms with van der Waals surface area (Å²) in [6, 6.07) is -0.486. The van der Waals surface area contributed by atoms with Crippen LogP contribution in [0.4, 0.5) is 0 Å². The van der Waals surface area contributed by atoms with Crippen LogP contribution in [0.2, 0.25) is 0 Å². The van der Waals surface area contributed by atoms with Gasteiger partial charge >= 0.3 is 5.97 Å². The van der Waals surface area contributed by atoms with Crippen LogP contribution in [0.1, 0.15) is 27.2 Å². The molecule has 0 radical (unpaired) electrons. The molecule has 2 aliphatic rings. The molecule has 2 rings (SSSR count). The first-order valence-corrected chi connectivity index (χ1v) is 7.05. The Morgan fingerprint density at radius 3 is 2.35 bits per heavy atom. The number of esters is 1. The number of piperidine rings is 1. The number of hydrogen-bond donors (Lipinski definition) is 1. The Kier molecular flexibility index (Phi) is 3.86. The van der Waals surface area contributed by atoms with Crippen molar-refractivity contribution in [2.45, 2.75) is 33.2 Å². The fourth-order valence-corrected chi connectivity index (χ4v) is 3.11. The van der Waals surface area contributed by atoms with Crippen LogP contribution in [0.15, 0.2) is 0 Å². The average Bonchev–Trinajstić information content (AvgIpc) is 2.85. The molecule has 0 spiro atoms. The van der Waals surface area contributed by atoms with E-state index in [0.717, 1.165) is 0 Å². The van der Waals surface area contributed by atoms with E-state index in [0.29, 0.717) is 13.0 Å². The lowest BCUT2D eigenvalue weighted by atomic mass is 10.1. The van der Waals surface area contributed by atoms with Crippen LogP contribution in [0.3, 0.4) is 0 Å². The minimum Gasteiger partial charge on any atom is -0.465 e. The van der Waals surface area contributed by atoms with Crippen LogP contribution in [-0.2, 0) is 19.1 Å². The van der Waals surface area contributed by atoms with Gasteiger partial charge in [0.05, 0.1) is 18.4 Å². The molecule has 20 heavy (non-hydrogen) atoms. The quantitative estimate of drug-likeness (QED) is 0.555. The van der Waals surface area contributed by atoms with E-state index in [1.807, 2.05) is 13.8 Å². The SMILES string of the molecule is CCOC(=O)C(CCN1C(=O)C2C(C1=O)C2(C)C)NC. The first kappa shape index (κ1) is 15.0. The van der Waals surface area contributed by atoms with Gasteiger partial charge in [0.2, 0.25) is 11.8 Å². The largest absolute Gasteiger partial charge is 0.465 e. The van der Waals surface area contributed by atoms with Crippen molar-refractivity contribution in [1.29, 1.82) is 0 Å². The number of hydrogen-bond acceptors (Lipinski definition) is 5. The van der Waals surface area contributed by atoms with Gasteiger partial charge in [-0.15, -0.1) is 0 Å². The number of fused-ring (bicyclic) bond motifs is 1. The number of likely N-dealkylation sites (N-methyl/N-ethyl adjacent to an activating group) is 1. The second-order valence-electron chi connectivity index (χ2n) is 5.99. The molecule has 0 aromatic heterocycles. The van der Waals surface area contributed by atoms with Crippen LogP contribution in [-0.4, -0.2) is 48.9 Å². The third-order valence-electron chi connectivity index (χ3n) is 4.45. The Hall–Kier alpha value is -1.43. The molecule has 0 bridgehead atoms. The summed E-state index contributed by atoms with van der Waals surface area (Å²) >= 11 is 0. The molecule has 0 aromatic carbocycles. The molecule has 1 saturated heterocycles. The molecular weight excluding hydrogens is 260 g/mol. The van der Waals surface area contributed by atoms with Gasteiger partial charge in [0, 0.05) is 6.54 Å². The van der Waals surface area contributed by atoms with Crippen molar-refractivity contribution in [3.63, 3.8) is 0 Å². The summed E-state index contributed by atoms with van der Waals surface area (Å²) in [7, 11) is 1.66. The number of nitrogens with one attached hydrogen (secondary N) is 1. The Morgan fingerprint density at radius 1 is 1.35 bits per heavy atom. The van der Waals surface area contributed by atoms with E-state index in [4.69, 9.17) is 4.74 Å². The molecule has 1 heterocycles. The number of rotatable bonds is 6. The van der Waals surface area contributed by atoms with Gasteiger partial charge in [0.25, 0.3) is 0 Å². The van der Waals surface area contributed by atoms with Gasteiger partial charge in [0.1, 0.15) is 6.04 Å². The highest BCUT2D eigenvalue weighted by molar-refractivity contribution is 6.10. The molecule has 3 unspecified atom stereocenters. The van der Waals surface area contributed by atoms with Gasteiger partial charge in [-0.25, -0.2) is 0 Å². The number of amides is 2. The summed E-state index contributed by atoms with van der Waals surface area (Å²) in [4.78, 5) is 37.2. The molecule has 1 saturated carbocycles. The normalized spacial score (nSPS) is 28.3. The van der Waals surface area contributed by atoms with E-state index in [2.05, 4.69) is 5.32 Å². The van der Waals surface area contributed by atoms with Crippen LogP contribution >= 0.6 is 0 Å². The van der Waals surface area contributed by atoms with E-state index in [1.165, 1.54) is 4.90 Å². The lowest BCUT2D eigenvalue weighted by molar-refractivity contribution is -0.148. The molecule has 1 aliphatic heterocycles. The predicted octanol–water partition coefficient (Wildman–Crippen LogP) is 0.169. The first-order valence-electron chi connectivity index (χ1n) is 7.05. The van der Waals surface area contributed by atoms with Crippen molar-refractivity contribution in [2.24, 2.45) is 17.3 Å². The number of likely N-dealkylation sites (tertiary alicyclic amines) is 1. The lowest BCUT2D eigenvalue weighted by Crippen LogP contribution is -2.42. The number of nitrogens with zero attached hydrogens (tertiary/aromatic N) is 1. The highest BCUT2D eigenvalue weighted by atomic mass is 16.5. The molecule has 1 N–H and O–H groups in total. The smallest absolute Gasteiger partial charge is 0.323 e. The summed E-state index contributed by atoms with van der Waals surface area (Å²) in [5.41, 5.74) is -0.186. The first-order chi connectivity index (χ1) is 9.36. The standard InChI is InChI=1S/C14H22N2O4/c1-5-20-13(19)8(15-4)6-7-16-11(17)9-10(12(16)18)14(9,2)3/h8-10,15H,5-7H2,1-4H3. The Labute approximate surface area is 118 Å². The molecule has 1 aliphatic carbocycles. The van der Waals surface area contributed by atoms with E-state index in [9.17, 15) is 14.4 Å². The topological polar surface area (TPSA) is 75.7 Å². The Balaban J connectivity index is 1.91. The van der Waals surface area contributed by atoms with E-state index in [1.54, 1.807) is 14.0 Å². The minimum absolute atomic E-state index is 0.0938. The van der Waals surface area contributed by atoms with Crippen molar-refractivity contribution in [2.75, 3.05) is 20.2 Å². The third kappa shape index (κ3) is 2.22. The van der Waals surface area contributed by atoms with E-state index < -0.39 is 6.04 Å². The summed E-state index contributed by atoms with van der Waals surface area (Å²) in [6.45, 7) is 6.23. The summed E-state index contributed by atoms with van der Waals surface area (Å²) in [6.07, 6.45) is 0.382. The predicted molar refractivity (Wildman–Crippen MR) is 71.6 cm³/mol. The van der Waals surface area contributed by atoms with Crippen LogP contribution in [0.5, 0.6) is 0 Å². The van der Waals surface area contributed by atoms with Gasteiger partial charge < -0.3 is 10.1 Å². The minimum atomic E-state index is -0.486. The fourth-order valence-electron chi connectivity index (χ4n) is 3.11. The van der Waals surface area contributed by atoms with Gasteiger partial charge in [-0.05, 0) is 25.8 Å². The van der Waals surface area contributed by atoms with Gasteiger partial charge in [0.15, 0.2) is 0 Å². The second-order valence-corrected chi connectivity index (χ2v) is 5.99. The number of carbonyl (C=O) groups is 3. The maximum atomic E-state index is 12.1. The molecule has 2 fully saturated rings. The zero-order valence-corrected chi connectivity index (χ0v) is 12.4. The summed E-state index contributed by atoms with van der Waals surface area (Å²) in [5.74, 6) is -0.858. The molecule has 6 nitrogen and oxygen atoms in total. The van der Waals surface area contributed by atoms with Crippen LogP contribution in [0.25, 0.3) is 0 Å². The molecule has 6 heteroatoms. The van der Waals surface area contributed by atoms with Crippen LogP contribution < -0.4 is 5.32 Å². The van der Waals surface area contributed by atoms with Gasteiger partial charge in [-0.2, -0.15) is 0 Å². The molecule has 3 atom stereocenters. The average molecular weight is 282 g/mol. The maximum Gasteiger partial charge on any atom is 0.323 e. The van der Waals surface area contributed by atoms with Crippen molar-refractivity contribution in [3.05, 3.63) is 0 Å². The maximum absolute atomic E-state index is 12.1. The molecule has 0 aromatic rings. The number of carbonyl (C=O) groups excluding carboxylic acids is 3. The van der Waals surface area contributed by atoms with Crippen molar-refractivity contribution >= 4 is 17.8 Å². The monoisotopic (exact) mass is 282 g/mol. The highest BCUT2D eigenvalue weighted by Crippen LogP contribution is 2.63. The Bertz CT molecular complexity index is 422. The van der Waals surface area contributed by atoms with Crippen LogP contribution in [0, 0.1) is 17.3 Å². The van der Waals surface area contributed by atoms with Crippen molar-refractivity contribution in [1.82, 2.24) is 10.2 Å². The lowest BCUT2D eigenvalue weighted by Gasteiger charge is -2.22. The van der Waals surface area contributed by atoms with E-state index in [-0.39, 0.29) is 41.6 Å². The number of ether oxygens (including phenoxy) is 1. The zero-order valence-electron chi connectivity index (χ0n) is 12.4. The highest BCUT2D eigenvalue weighted by Gasteiger charge is 2.72. The molecular formula is C14H22N2O4. The summed E-state index contributed by atoms with van der Waals surface area (Å²) in [5, 5.41) is 2.86. The molecule has 2 amide bonds. The van der Waals surface area contributed by atoms with E-state index >= 15 is 0 Å². The Morgan fingerprint density at radius 2 is 1.90 bits per heavy atom.